The molecule has 3 aliphatic heterocycles. The molecule has 6 nitrogen and oxygen atoms in total. The fourth-order valence-electron chi connectivity index (χ4n) is 3.38. The molecule has 0 amide bonds. The molecular weight excluding hydrogens is 276 g/mol. The second kappa shape index (κ2) is 5.93. The van der Waals surface area contributed by atoms with Crippen molar-refractivity contribution in [3.05, 3.63) is 0 Å². The van der Waals surface area contributed by atoms with E-state index in [9.17, 15) is 4.79 Å². The van der Waals surface area contributed by atoms with Gasteiger partial charge in [-0.2, -0.15) is 0 Å². The Bertz CT molecular complexity index is 384. The molecule has 0 aromatic heterocycles. The Hall–Kier alpha value is -0.530. The maximum Gasteiger partial charge on any atom is 0.256 e. The molecule has 0 aromatic carbocycles. The highest BCUT2D eigenvalue weighted by Crippen LogP contribution is 2.41. The van der Waals surface area contributed by atoms with Gasteiger partial charge in [0.2, 0.25) is 5.78 Å². The van der Waals surface area contributed by atoms with Crippen molar-refractivity contribution in [1.29, 1.82) is 0 Å². The van der Waals surface area contributed by atoms with Gasteiger partial charge in [0, 0.05) is 12.8 Å². The zero-order valence-corrected chi connectivity index (χ0v) is 12.8. The van der Waals surface area contributed by atoms with E-state index < -0.39 is 17.7 Å². The smallest absolute Gasteiger partial charge is 0.256 e. The van der Waals surface area contributed by atoms with Gasteiger partial charge in [0.05, 0.1) is 19.8 Å². The van der Waals surface area contributed by atoms with Gasteiger partial charge >= 0.3 is 0 Å². The lowest BCUT2D eigenvalue weighted by atomic mass is 9.99. The van der Waals surface area contributed by atoms with Crippen molar-refractivity contribution in [2.75, 3.05) is 26.4 Å². The SMILES string of the molecule is CCCC1(CCC)O[C@@H]2CO[C@]3(COCCO3)C(=O)[C@@H]2O1. The maximum absolute atomic E-state index is 12.7. The van der Waals surface area contributed by atoms with Crippen LogP contribution in [-0.4, -0.2) is 56.0 Å². The summed E-state index contributed by atoms with van der Waals surface area (Å²) < 4.78 is 28.8. The second-order valence-electron chi connectivity index (χ2n) is 5.93. The van der Waals surface area contributed by atoms with Crippen molar-refractivity contribution >= 4 is 5.78 Å². The Morgan fingerprint density at radius 3 is 2.48 bits per heavy atom. The number of rotatable bonds is 4. The Morgan fingerprint density at radius 2 is 1.86 bits per heavy atom. The average molecular weight is 300 g/mol. The minimum atomic E-state index is -1.29. The van der Waals surface area contributed by atoms with Gasteiger partial charge in [0.1, 0.15) is 12.7 Å². The molecule has 6 heteroatoms. The van der Waals surface area contributed by atoms with Gasteiger partial charge in [-0.1, -0.05) is 26.7 Å². The van der Waals surface area contributed by atoms with Crippen molar-refractivity contribution in [1.82, 2.24) is 0 Å². The molecular formula is C15H24O6. The normalized spacial score (nSPS) is 38.7. The van der Waals surface area contributed by atoms with Crippen LogP contribution in [0.15, 0.2) is 0 Å². The maximum atomic E-state index is 12.7. The topological polar surface area (TPSA) is 63.2 Å². The summed E-state index contributed by atoms with van der Waals surface area (Å²) in [7, 11) is 0. The van der Waals surface area contributed by atoms with Crippen LogP contribution in [0.25, 0.3) is 0 Å². The number of fused-ring (bicyclic) bond motifs is 1. The summed E-state index contributed by atoms with van der Waals surface area (Å²) in [5.74, 6) is -2.15. The van der Waals surface area contributed by atoms with E-state index in [1.54, 1.807) is 0 Å². The molecule has 3 aliphatic rings. The fourth-order valence-corrected chi connectivity index (χ4v) is 3.38. The zero-order chi connectivity index (χ0) is 14.9. The third kappa shape index (κ3) is 2.64. The molecule has 3 atom stereocenters. The first kappa shape index (κ1) is 15.4. The summed E-state index contributed by atoms with van der Waals surface area (Å²) in [6.45, 7) is 5.45. The van der Waals surface area contributed by atoms with Gasteiger partial charge in [-0.15, -0.1) is 0 Å². The van der Waals surface area contributed by atoms with E-state index in [1.807, 2.05) is 0 Å². The Kier molecular flexibility index (Phi) is 4.34. The van der Waals surface area contributed by atoms with Gasteiger partial charge in [-0.3, -0.25) is 4.79 Å². The highest BCUT2D eigenvalue weighted by atomic mass is 16.8. The van der Waals surface area contributed by atoms with Gasteiger partial charge in [0.15, 0.2) is 11.9 Å². The van der Waals surface area contributed by atoms with E-state index in [2.05, 4.69) is 13.8 Å². The third-order valence-corrected chi connectivity index (χ3v) is 4.28. The number of Topliss-reactive ketones (excluding diaryl/α,β-unsaturated/α-hetero) is 1. The number of carbonyl (C=O) groups is 1. The molecule has 3 heterocycles. The first-order valence-electron chi connectivity index (χ1n) is 7.90. The van der Waals surface area contributed by atoms with Crippen molar-refractivity contribution in [3.8, 4) is 0 Å². The van der Waals surface area contributed by atoms with E-state index in [1.165, 1.54) is 0 Å². The predicted molar refractivity (Wildman–Crippen MR) is 72.8 cm³/mol. The lowest BCUT2D eigenvalue weighted by Gasteiger charge is -2.40. The highest BCUT2D eigenvalue weighted by Gasteiger charge is 2.60. The molecule has 1 spiro atoms. The van der Waals surface area contributed by atoms with Crippen LogP contribution in [0.4, 0.5) is 0 Å². The summed E-state index contributed by atoms with van der Waals surface area (Å²) in [5, 5.41) is 0. The van der Waals surface area contributed by atoms with Crippen LogP contribution in [0, 0.1) is 0 Å². The van der Waals surface area contributed by atoms with Crippen LogP contribution in [0.5, 0.6) is 0 Å². The Balaban J connectivity index is 1.77. The average Bonchev–Trinajstić information content (AvgIpc) is 2.85. The molecule has 0 radical (unpaired) electrons. The van der Waals surface area contributed by atoms with Crippen LogP contribution >= 0.6 is 0 Å². The molecule has 0 aromatic rings. The lowest BCUT2D eigenvalue weighted by molar-refractivity contribution is -0.294. The number of carbonyl (C=O) groups excluding carboxylic acids is 1. The molecule has 3 saturated heterocycles. The number of hydrogen-bond acceptors (Lipinski definition) is 6. The van der Waals surface area contributed by atoms with E-state index in [0.29, 0.717) is 19.8 Å². The molecule has 0 N–H and O–H groups in total. The van der Waals surface area contributed by atoms with Crippen molar-refractivity contribution in [3.63, 3.8) is 0 Å². The van der Waals surface area contributed by atoms with Crippen LogP contribution < -0.4 is 0 Å². The number of ether oxygens (including phenoxy) is 5. The van der Waals surface area contributed by atoms with Crippen LogP contribution in [-0.2, 0) is 28.5 Å². The fraction of sp³-hybridized carbons (Fsp3) is 0.933. The third-order valence-electron chi connectivity index (χ3n) is 4.28. The molecule has 21 heavy (non-hydrogen) atoms. The van der Waals surface area contributed by atoms with Gasteiger partial charge in [-0.25, -0.2) is 0 Å². The van der Waals surface area contributed by atoms with Crippen molar-refractivity contribution < 1.29 is 28.5 Å². The van der Waals surface area contributed by atoms with Crippen molar-refractivity contribution in [2.45, 2.75) is 63.3 Å². The largest absolute Gasteiger partial charge is 0.373 e. The van der Waals surface area contributed by atoms with E-state index in [4.69, 9.17) is 23.7 Å². The van der Waals surface area contributed by atoms with Crippen LogP contribution in [0.3, 0.4) is 0 Å². The number of hydrogen-bond donors (Lipinski definition) is 0. The molecule has 3 fully saturated rings. The molecule has 120 valence electrons. The first-order chi connectivity index (χ1) is 10.1. The van der Waals surface area contributed by atoms with Crippen LogP contribution in [0.1, 0.15) is 39.5 Å². The second-order valence-corrected chi connectivity index (χ2v) is 5.93. The van der Waals surface area contributed by atoms with Gasteiger partial charge in [-0.05, 0) is 0 Å². The van der Waals surface area contributed by atoms with E-state index in [0.717, 1.165) is 25.7 Å². The molecule has 0 saturated carbocycles. The Labute approximate surface area is 125 Å². The molecule has 3 rings (SSSR count). The first-order valence-corrected chi connectivity index (χ1v) is 7.90. The monoisotopic (exact) mass is 300 g/mol. The summed E-state index contributed by atoms with van der Waals surface area (Å²) >= 11 is 0. The Morgan fingerprint density at radius 1 is 1.10 bits per heavy atom. The minimum Gasteiger partial charge on any atom is -0.373 e. The van der Waals surface area contributed by atoms with Crippen LogP contribution in [0.2, 0.25) is 0 Å². The summed E-state index contributed by atoms with van der Waals surface area (Å²) in [6.07, 6.45) is 2.50. The lowest BCUT2D eigenvalue weighted by Crippen LogP contribution is -2.62. The highest BCUT2D eigenvalue weighted by molar-refractivity contribution is 5.91. The summed E-state index contributed by atoms with van der Waals surface area (Å²) in [6, 6.07) is 0. The van der Waals surface area contributed by atoms with E-state index in [-0.39, 0.29) is 18.5 Å². The standard InChI is InChI=1S/C15H24O6/c1-3-5-14(6-4-2)20-11-9-19-15(10-17-7-8-18-15)13(16)12(11)21-14/h11-12H,3-10H2,1-2H3/t11-,12-,15-/m1/s1. The minimum absolute atomic E-state index is 0.132. The van der Waals surface area contributed by atoms with Gasteiger partial charge in [0.25, 0.3) is 5.79 Å². The quantitative estimate of drug-likeness (QED) is 0.782. The predicted octanol–water partition coefficient (Wildman–Crippen LogP) is 1.41. The number of ketones is 1. The van der Waals surface area contributed by atoms with Gasteiger partial charge < -0.3 is 23.7 Å². The zero-order valence-electron chi connectivity index (χ0n) is 12.8. The molecule has 0 unspecified atom stereocenters. The van der Waals surface area contributed by atoms with E-state index >= 15 is 0 Å². The molecule has 0 bridgehead atoms. The summed E-state index contributed by atoms with van der Waals surface area (Å²) in [5.41, 5.74) is 0. The molecule has 0 aliphatic carbocycles. The summed E-state index contributed by atoms with van der Waals surface area (Å²) in [4.78, 5) is 12.7. The van der Waals surface area contributed by atoms with Crippen molar-refractivity contribution in [2.24, 2.45) is 0 Å².